The molecule has 0 aliphatic carbocycles. The first kappa shape index (κ1) is 25.4. The van der Waals surface area contributed by atoms with Crippen LogP contribution in [-0.2, 0) is 10.9 Å². The number of methoxy groups -OCH3 is 1. The third kappa shape index (κ3) is 5.12. The number of nitrogens with zero attached hydrogens (tertiary/aromatic N) is 4. The molecule has 188 valence electrons. The Labute approximate surface area is 209 Å². The molecule has 4 aromatic rings. The second-order valence-corrected chi connectivity index (χ2v) is 8.46. The predicted molar refractivity (Wildman–Crippen MR) is 129 cm³/mol. The van der Waals surface area contributed by atoms with Gasteiger partial charge in [-0.05, 0) is 43.2 Å². The van der Waals surface area contributed by atoms with Gasteiger partial charge in [0.25, 0.3) is 5.91 Å². The van der Waals surface area contributed by atoms with Gasteiger partial charge in [0.05, 0.1) is 28.6 Å². The number of aryl methyl sites for hydroxylation is 1. The number of hydrogen-bond donors (Lipinski definition) is 2. The average Bonchev–Trinajstić information content (AvgIpc) is 3.24. The molecule has 0 aliphatic heterocycles. The summed E-state index contributed by atoms with van der Waals surface area (Å²) >= 11 is 5.93. The lowest BCUT2D eigenvalue weighted by molar-refractivity contribution is -0.136. The third-order valence-electron chi connectivity index (χ3n) is 5.73. The maximum absolute atomic E-state index is 13.7. The van der Waals surface area contributed by atoms with Gasteiger partial charge in [0.2, 0.25) is 0 Å². The van der Waals surface area contributed by atoms with Gasteiger partial charge in [0, 0.05) is 30.4 Å². The lowest BCUT2D eigenvalue weighted by Gasteiger charge is -2.16. The van der Waals surface area contributed by atoms with Crippen LogP contribution in [0, 0.1) is 6.92 Å². The maximum atomic E-state index is 13.7. The number of nitrogens with one attached hydrogen (secondary N) is 1. The zero-order chi connectivity index (χ0) is 26.0. The highest BCUT2D eigenvalue weighted by Gasteiger charge is 2.36. The average molecular weight is 519 g/mol. The van der Waals surface area contributed by atoms with Crippen LogP contribution >= 0.6 is 11.6 Å². The summed E-state index contributed by atoms with van der Waals surface area (Å²) in [6, 6.07) is 9.62. The number of anilines is 1. The van der Waals surface area contributed by atoms with Crippen LogP contribution in [0.3, 0.4) is 0 Å². The van der Waals surface area contributed by atoms with E-state index in [0.717, 1.165) is 22.5 Å². The fourth-order valence-electron chi connectivity index (χ4n) is 3.90. The van der Waals surface area contributed by atoms with Crippen molar-refractivity contribution in [1.29, 1.82) is 0 Å². The lowest BCUT2D eigenvalue weighted by Crippen LogP contribution is -2.27. The largest absolute Gasteiger partial charge is 0.418 e. The van der Waals surface area contributed by atoms with Crippen LogP contribution in [0.4, 0.5) is 19.0 Å². The van der Waals surface area contributed by atoms with Crippen LogP contribution < -0.4 is 11.1 Å². The number of nitrogens with two attached hydrogens (primary N) is 1. The standard InChI is InChI=1S/C24H22ClF3N6O2/c1-13-17(23(35)30-8-7-20(36-2)14-3-5-16(25)6-4-14)9-15(11-31-13)19-10-18(24(26,27)28)21-22(29)32-12-33-34(19)21/h3-6,9-12,20H,7-8H2,1-2H3,(H,30,35)(H2,29,32,33). The summed E-state index contributed by atoms with van der Waals surface area (Å²) in [6.45, 7) is 1.93. The summed E-state index contributed by atoms with van der Waals surface area (Å²) in [4.78, 5) is 20.8. The van der Waals surface area contributed by atoms with Crippen molar-refractivity contribution in [3.63, 3.8) is 0 Å². The number of aromatic nitrogens is 4. The molecule has 0 saturated carbocycles. The molecule has 0 fully saturated rings. The Bertz CT molecular complexity index is 1410. The number of amides is 1. The second kappa shape index (κ2) is 10.1. The van der Waals surface area contributed by atoms with E-state index in [9.17, 15) is 18.0 Å². The van der Waals surface area contributed by atoms with E-state index in [1.165, 1.54) is 12.3 Å². The summed E-state index contributed by atoms with van der Waals surface area (Å²) in [6.07, 6.45) is -2.00. The van der Waals surface area contributed by atoms with Gasteiger partial charge >= 0.3 is 6.18 Å². The van der Waals surface area contributed by atoms with E-state index < -0.39 is 17.6 Å². The molecule has 3 N–H and O–H groups in total. The summed E-state index contributed by atoms with van der Waals surface area (Å²) in [5, 5.41) is 7.37. The zero-order valence-electron chi connectivity index (χ0n) is 19.3. The quantitative estimate of drug-likeness (QED) is 0.362. The number of rotatable bonds is 7. The minimum absolute atomic E-state index is 0.0789. The van der Waals surface area contributed by atoms with E-state index in [0.29, 0.717) is 23.7 Å². The molecule has 0 aliphatic rings. The summed E-state index contributed by atoms with van der Waals surface area (Å²) in [5.41, 5.74) is 6.28. The van der Waals surface area contributed by atoms with Crippen LogP contribution in [0.2, 0.25) is 5.02 Å². The van der Waals surface area contributed by atoms with Gasteiger partial charge in [0.1, 0.15) is 11.8 Å². The molecule has 0 spiro atoms. The topological polar surface area (TPSA) is 107 Å². The predicted octanol–water partition coefficient (Wildman–Crippen LogP) is 4.86. The fourth-order valence-corrected chi connectivity index (χ4v) is 4.03. The number of pyridine rings is 1. The Hall–Kier alpha value is -3.70. The van der Waals surface area contributed by atoms with Crippen LogP contribution in [-0.4, -0.2) is 39.1 Å². The summed E-state index contributed by atoms with van der Waals surface area (Å²) in [7, 11) is 1.58. The highest BCUT2D eigenvalue weighted by atomic mass is 35.5. The van der Waals surface area contributed by atoms with E-state index in [2.05, 4.69) is 20.4 Å². The fraction of sp³-hybridized carbons (Fsp3) is 0.250. The van der Waals surface area contributed by atoms with Gasteiger partial charge in [-0.3, -0.25) is 9.78 Å². The molecule has 1 atom stereocenters. The maximum Gasteiger partial charge on any atom is 0.418 e. The summed E-state index contributed by atoms with van der Waals surface area (Å²) < 4.78 is 47.5. The SMILES string of the molecule is COC(CCNC(=O)c1cc(-c2cc(C(F)(F)F)c3c(N)ncnn23)cnc1C)c1ccc(Cl)cc1. The molecule has 1 unspecified atom stereocenters. The van der Waals surface area contributed by atoms with Gasteiger partial charge < -0.3 is 15.8 Å². The van der Waals surface area contributed by atoms with Gasteiger partial charge in [-0.2, -0.15) is 18.3 Å². The second-order valence-electron chi connectivity index (χ2n) is 8.02. The molecule has 0 saturated heterocycles. The van der Waals surface area contributed by atoms with Crippen LogP contribution in [0.25, 0.3) is 16.8 Å². The Kier molecular flexibility index (Phi) is 7.14. The highest BCUT2D eigenvalue weighted by Crippen LogP contribution is 2.38. The van der Waals surface area contributed by atoms with Crippen molar-refractivity contribution in [3.05, 3.63) is 76.3 Å². The number of carbonyl (C=O) groups is 1. The van der Waals surface area contributed by atoms with Crippen molar-refractivity contribution >= 4 is 28.8 Å². The molecular formula is C24H22ClF3N6O2. The first-order valence-electron chi connectivity index (χ1n) is 10.8. The first-order valence-corrected chi connectivity index (χ1v) is 11.2. The number of fused-ring (bicyclic) bond motifs is 1. The molecule has 1 aromatic carbocycles. The van der Waals surface area contributed by atoms with Crippen molar-refractivity contribution in [2.45, 2.75) is 25.6 Å². The number of alkyl halides is 3. The van der Waals surface area contributed by atoms with E-state index in [-0.39, 0.29) is 34.3 Å². The lowest BCUT2D eigenvalue weighted by atomic mass is 10.1. The van der Waals surface area contributed by atoms with Crippen LogP contribution in [0.1, 0.15) is 39.7 Å². The normalized spacial score (nSPS) is 12.6. The van der Waals surface area contributed by atoms with Crippen LogP contribution in [0.5, 0.6) is 0 Å². The van der Waals surface area contributed by atoms with Gasteiger partial charge in [-0.15, -0.1) is 0 Å². The number of ether oxygens (including phenoxy) is 1. The van der Waals surface area contributed by atoms with Crippen molar-refractivity contribution in [3.8, 4) is 11.3 Å². The van der Waals surface area contributed by atoms with Gasteiger partial charge in [-0.1, -0.05) is 23.7 Å². The number of nitrogen functional groups attached to an aromatic ring is 1. The number of halogens is 4. The molecule has 36 heavy (non-hydrogen) atoms. The highest BCUT2D eigenvalue weighted by molar-refractivity contribution is 6.30. The molecule has 12 heteroatoms. The van der Waals surface area contributed by atoms with Crippen molar-refractivity contribution < 1.29 is 22.7 Å². The molecule has 4 rings (SSSR count). The molecule has 0 radical (unpaired) electrons. The molecule has 3 aromatic heterocycles. The molecule has 0 bridgehead atoms. The summed E-state index contributed by atoms with van der Waals surface area (Å²) in [5.74, 6) is -0.728. The molecular weight excluding hydrogens is 497 g/mol. The minimum Gasteiger partial charge on any atom is -0.382 e. The molecule has 3 heterocycles. The minimum atomic E-state index is -4.68. The van der Waals surface area contributed by atoms with E-state index >= 15 is 0 Å². The van der Waals surface area contributed by atoms with Crippen molar-refractivity contribution in [1.82, 2.24) is 24.9 Å². The van der Waals surface area contributed by atoms with Crippen LogP contribution in [0.15, 0.2) is 48.9 Å². The van der Waals surface area contributed by atoms with Gasteiger partial charge in [0.15, 0.2) is 5.82 Å². The Balaban J connectivity index is 1.58. The Morgan fingerprint density at radius 2 is 1.94 bits per heavy atom. The van der Waals surface area contributed by atoms with E-state index in [4.69, 9.17) is 22.1 Å². The van der Waals surface area contributed by atoms with Gasteiger partial charge in [-0.25, -0.2) is 9.50 Å². The van der Waals surface area contributed by atoms with E-state index in [1.807, 2.05) is 12.1 Å². The Morgan fingerprint density at radius 1 is 1.22 bits per heavy atom. The zero-order valence-corrected chi connectivity index (χ0v) is 20.1. The number of carbonyl (C=O) groups excluding carboxylic acids is 1. The third-order valence-corrected chi connectivity index (χ3v) is 5.99. The molecule has 8 nitrogen and oxygen atoms in total. The van der Waals surface area contributed by atoms with E-state index in [1.54, 1.807) is 26.2 Å². The van der Waals surface area contributed by atoms with Crippen molar-refractivity contribution in [2.24, 2.45) is 0 Å². The smallest absolute Gasteiger partial charge is 0.382 e. The molecule has 1 amide bonds. The number of benzene rings is 1. The first-order chi connectivity index (χ1) is 17.1. The monoisotopic (exact) mass is 518 g/mol. The number of hydrogen-bond acceptors (Lipinski definition) is 6. The Morgan fingerprint density at radius 3 is 2.61 bits per heavy atom. The van der Waals surface area contributed by atoms with Crippen molar-refractivity contribution in [2.75, 3.05) is 19.4 Å².